The van der Waals surface area contributed by atoms with Crippen molar-refractivity contribution in [2.24, 2.45) is 7.05 Å². The third-order valence-corrected chi connectivity index (χ3v) is 7.67. The first kappa shape index (κ1) is 24.0. The van der Waals surface area contributed by atoms with Crippen molar-refractivity contribution in [3.63, 3.8) is 0 Å². The fourth-order valence-corrected chi connectivity index (χ4v) is 5.60. The molecule has 3 aromatic rings. The Labute approximate surface area is 210 Å². The van der Waals surface area contributed by atoms with Gasteiger partial charge in [-0.05, 0) is 60.3 Å². The van der Waals surface area contributed by atoms with Crippen LogP contribution in [0.25, 0.3) is 22.3 Å². The molecule has 188 valence electrons. The van der Waals surface area contributed by atoms with Crippen molar-refractivity contribution in [1.29, 1.82) is 0 Å². The van der Waals surface area contributed by atoms with Gasteiger partial charge >= 0.3 is 0 Å². The zero-order chi connectivity index (χ0) is 25.1. The smallest absolute Gasteiger partial charge is 0.229 e. The molecule has 1 N–H and O–H groups in total. The van der Waals surface area contributed by atoms with E-state index in [9.17, 15) is 5.11 Å². The van der Waals surface area contributed by atoms with E-state index in [1.165, 1.54) is 25.7 Å². The summed E-state index contributed by atoms with van der Waals surface area (Å²) in [4.78, 5) is 15.0. The number of aryl methyl sites for hydroxylation is 1. The van der Waals surface area contributed by atoms with Crippen LogP contribution < -0.4 is 9.80 Å². The Morgan fingerprint density at radius 3 is 1.77 bits per heavy atom. The molecule has 0 aliphatic carbocycles. The average Bonchev–Trinajstić information content (AvgIpc) is 3.54. The molecule has 5 rings (SSSR count). The number of rotatable bonds is 3. The van der Waals surface area contributed by atoms with E-state index in [1.54, 1.807) is 0 Å². The van der Waals surface area contributed by atoms with E-state index in [4.69, 9.17) is 9.97 Å². The van der Waals surface area contributed by atoms with E-state index in [0.717, 1.165) is 71.4 Å². The Balaban J connectivity index is 1.74. The highest BCUT2D eigenvalue weighted by atomic mass is 16.3. The molecular formula is C29H41N5O. The molecule has 2 aliphatic rings. The summed E-state index contributed by atoms with van der Waals surface area (Å²) in [7, 11) is 2.12. The number of hydrogen-bond donors (Lipinski definition) is 1. The second-order valence-corrected chi connectivity index (χ2v) is 12.5. The zero-order valence-corrected chi connectivity index (χ0v) is 22.6. The number of aromatic hydroxyl groups is 1. The maximum atomic E-state index is 11.2. The highest BCUT2D eigenvalue weighted by molar-refractivity contribution is 5.94. The topological polar surface area (TPSA) is 57.4 Å². The van der Waals surface area contributed by atoms with Crippen molar-refractivity contribution in [1.82, 2.24) is 14.5 Å². The van der Waals surface area contributed by atoms with Gasteiger partial charge in [-0.15, -0.1) is 0 Å². The van der Waals surface area contributed by atoms with Crippen LogP contribution in [0, 0.1) is 0 Å². The van der Waals surface area contributed by atoms with Crippen molar-refractivity contribution in [3.8, 4) is 17.0 Å². The van der Waals surface area contributed by atoms with Gasteiger partial charge in [0.2, 0.25) is 5.95 Å². The van der Waals surface area contributed by atoms with E-state index >= 15 is 0 Å². The molecule has 0 bridgehead atoms. The van der Waals surface area contributed by atoms with Crippen LogP contribution in [0.2, 0.25) is 0 Å². The van der Waals surface area contributed by atoms with Gasteiger partial charge in [0.15, 0.2) is 0 Å². The Bertz CT molecular complexity index is 1210. The highest BCUT2D eigenvalue weighted by Crippen LogP contribution is 2.43. The molecule has 0 unspecified atom stereocenters. The SMILES string of the molecule is Cn1c(-c2cc(C(C)(C)C)c(O)c(C(C)(C)C)c2)cc2c(N3CCCC3)nc(N3CCCC3)nc21. The summed E-state index contributed by atoms with van der Waals surface area (Å²) in [6.07, 6.45) is 4.84. The summed E-state index contributed by atoms with van der Waals surface area (Å²) in [5.74, 6) is 2.35. The van der Waals surface area contributed by atoms with Gasteiger partial charge in [-0.3, -0.25) is 0 Å². The number of benzene rings is 1. The summed E-state index contributed by atoms with van der Waals surface area (Å²) in [5, 5.41) is 12.4. The van der Waals surface area contributed by atoms with Gasteiger partial charge < -0.3 is 19.5 Å². The molecule has 6 nitrogen and oxygen atoms in total. The van der Waals surface area contributed by atoms with E-state index in [0.29, 0.717) is 5.75 Å². The van der Waals surface area contributed by atoms with Crippen molar-refractivity contribution in [2.75, 3.05) is 36.0 Å². The number of hydrogen-bond acceptors (Lipinski definition) is 5. The first-order valence-electron chi connectivity index (χ1n) is 13.2. The van der Waals surface area contributed by atoms with Gasteiger partial charge in [0, 0.05) is 44.4 Å². The Kier molecular flexibility index (Phi) is 5.77. The number of phenolic OH excluding ortho intramolecular Hbond substituents is 1. The van der Waals surface area contributed by atoms with Gasteiger partial charge in [0.1, 0.15) is 17.2 Å². The number of aromatic nitrogens is 3. The largest absolute Gasteiger partial charge is 0.507 e. The fourth-order valence-electron chi connectivity index (χ4n) is 5.60. The van der Waals surface area contributed by atoms with Crippen molar-refractivity contribution >= 4 is 22.8 Å². The summed E-state index contributed by atoms with van der Waals surface area (Å²) in [5.41, 5.74) is 4.84. The summed E-state index contributed by atoms with van der Waals surface area (Å²) < 4.78 is 2.22. The molecule has 0 saturated carbocycles. The predicted octanol–water partition coefficient (Wildman–Crippen LogP) is 6.14. The zero-order valence-electron chi connectivity index (χ0n) is 22.6. The first-order chi connectivity index (χ1) is 16.4. The van der Waals surface area contributed by atoms with Crippen LogP contribution in [0.15, 0.2) is 18.2 Å². The van der Waals surface area contributed by atoms with Gasteiger partial charge in [-0.2, -0.15) is 9.97 Å². The van der Waals surface area contributed by atoms with Crippen LogP contribution in [-0.2, 0) is 17.9 Å². The molecule has 2 saturated heterocycles. The maximum Gasteiger partial charge on any atom is 0.229 e. The molecule has 0 radical (unpaired) electrons. The minimum absolute atomic E-state index is 0.172. The summed E-state index contributed by atoms with van der Waals surface area (Å²) >= 11 is 0. The molecule has 0 amide bonds. The Hall–Kier alpha value is -2.76. The van der Waals surface area contributed by atoms with Crippen LogP contribution in [-0.4, -0.2) is 45.8 Å². The molecule has 2 fully saturated rings. The molecule has 2 aliphatic heterocycles. The second-order valence-electron chi connectivity index (χ2n) is 12.5. The standard InChI is InChI=1S/C29H41N5O/c1-28(2,3)21-16-19(17-22(24(21)35)29(4,5)6)23-18-20-25(32(23)7)30-27(34-14-10-11-15-34)31-26(20)33-12-8-9-13-33/h16-18,35H,8-15H2,1-7H3. The van der Waals surface area contributed by atoms with E-state index in [2.05, 4.69) is 81.2 Å². The van der Waals surface area contributed by atoms with Crippen LogP contribution >= 0.6 is 0 Å². The fraction of sp³-hybridized carbons (Fsp3) is 0.586. The van der Waals surface area contributed by atoms with Crippen LogP contribution in [0.5, 0.6) is 5.75 Å². The third-order valence-electron chi connectivity index (χ3n) is 7.67. The normalized spacial score (nSPS) is 17.2. The first-order valence-corrected chi connectivity index (χ1v) is 13.2. The lowest BCUT2D eigenvalue weighted by Crippen LogP contribution is -2.24. The van der Waals surface area contributed by atoms with Crippen molar-refractivity contribution in [3.05, 3.63) is 29.3 Å². The number of nitrogens with zero attached hydrogens (tertiary/aromatic N) is 5. The average molecular weight is 476 g/mol. The van der Waals surface area contributed by atoms with Crippen LogP contribution in [0.4, 0.5) is 11.8 Å². The number of anilines is 2. The van der Waals surface area contributed by atoms with Crippen LogP contribution in [0.3, 0.4) is 0 Å². The monoisotopic (exact) mass is 475 g/mol. The van der Waals surface area contributed by atoms with Crippen molar-refractivity contribution in [2.45, 2.75) is 78.1 Å². The van der Waals surface area contributed by atoms with Gasteiger partial charge in [0.25, 0.3) is 0 Å². The predicted molar refractivity (Wildman–Crippen MR) is 146 cm³/mol. The molecular weight excluding hydrogens is 434 g/mol. The summed E-state index contributed by atoms with van der Waals surface area (Å²) in [6.45, 7) is 17.2. The quantitative estimate of drug-likeness (QED) is 0.493. The van der Waals surface area contributed by atoms with E-state index < -0.39 is 0 Å². The second kappa shape index (κ2) is 8.42. The summed E-state index contributed by atoms with van der Waals surface area (Å²) in [6, 6.07) is 6.61. The van der Waals surface area contributed by atoms with Gasteiger partial charge in [0.05, 0.1) is 11.1 Å². The van der Waals surface area contributed by atoms with Crippen molar-refractivity contribution < 1.29 is 5.11 Å². The lowest BCUT2D eigenvalue weighted by atomic mass is 9.78. The number of phenols is 1. The highest BCUT2D eigenvalue weighted by Gasteiger charge is 2.29. The lowest BCUT2D eigenvalue weighted by Gasteiger charge is -2.28. The molecule has 6 heteroatoms. The minimum atomic E-state index is -0.172. The molecule has 0 atom stereocenters. The van der Waals surface area contributed by atoms with Gasteiger partial charge in [-0.25, -0.2) is 0 Å². The van der Waals surface area contributed by atoms with Crippen LogP contribution in [0.1, 0.15) is 78.4 Å². The minimum Gasteiger partial charge on any atom is -0.507 e. The maximum absolute atomic E-state index is 11.2. The molecule has 1 aromatic carbocycles. The Morgan fingerprint density at radius 1 is 0.743 bits per heavy atom. The molecule has 2 aromatic heterocycles. The lowest BCUT2D eigenvalue weighted by molar-refractivity contribution is 0.423. The molecule has 0 spiro atoms. The molecule has 35 heavy (non-hydrogen) atoms. The number of fused-ring (bicyclic) bond motifs is 1. The van der Waals surface area contributed by atoms with Gasteiger partial charge in [-0.1, -0.05) is 41.5 Å². The molecule has 4 heterocycles. The Morgan fingerprint density at radius 2 is 1.26 bits per heavy atom. The third kappa shape index (κ3) is 4.25. The van der Waals surface area contributed by atoms with E-state index in [-0.39, 0.29) is 10.8 Å². The van der Waals surface area contributed by atoms with E-state index in [1.807, 2.05) is 0 Å².